The number of anilines is 3. The van der Waals surface area contributed by atoms with Crippen LogP contribution in [0.4, 0.5) is 30.5 Å². The summed E-state index contributed by atoms with van der Waals surface area (Å²) in [7, 11) is 0. The first-order chi connectivity index (χ1) is 26.6. The summed E-state index contributed by atoms with van der Waals surface area (Å²) in [5.41, 5.74) is 1.81. The number of carbonyl (C=O) groups is 3. The van der Waals surface area contributed by atoms with Crippen molar-refractivity contribution < 1.29 is 27.6 Å². The molecule has 2 aliphatic carbocycles. The molecule has 4 heterocycles. The first kappa shape index (κ1) is 37.2. The number of halogens is 3. The van der Waals surface area contributed by atoms with E-state index in [9.17, 15) is 18.8 Å². The van der Waals surface area contributed by atoms with Crippen molar-refractivity contribution in [1.29, 1.82) is 0 Å². The van der Waals surface area contributed by atoms with Crippen molar-refractivity contribution in [2.45, 2.75) is 87.9 Å². The van der Waals surface area contributed by atoms with Crippen LogP contribution in [-0.4, -0.2) is 101 Å². The molecule has 0 radical (unpaired) electrons. The number of carbonyl (C=O) groups excluding carboxylic acids is 3. The molecule has 5 fully saturated rings. The zero-order valence-corrected chi connectivity index (χ0v) is 31.0. The monoisotopic (exact) mass is 758 g/mol. The molecule has 11 nitrogen and oxygen atoms in total. The van der Waals surface area contributed by atoms with E-state index in [1.165, 1.54) is 30.7 Å². The van der Waals surface area contributed by atoms with Gasteiger partial charge in [-0.15, -0.1) is 0 Å². The van der Waals surface area contributed by atoms with Crippen molar-refractivity contribution in [3.05, 3.63) is 65.9 Å². The highest BCUT2D eigenvalue weighted by Crippen LogP contribution is 2.41. The Hall–Kier alpha value is -4.72. The number of alkyl halides is 1. The van der Waals surface area contributed by atoms with Crippen LogP contribution in [0.5, 0.6) is 0 Å². The number of hydrogen-bond acceptors (Lipinski definition) is 9. The molecule has 5 aliphatic rings. The van der Waals surface area contributed by atoms with E-state index in [0.29, 0.717) is 87.5 Å². The average Bonchev–Trinajstić information content (AvgIpc) is 4.04. The number of likely N-dealkylation sites (tertiary alicyclic amines) is 1. The number of aromatic nitrogens is 2. The Morgan fingerprint density at radius 3 is 2.35 bits per heavy atom. The van der Waals surface area contributed by atoms with Gasteiger partial charge < -0.3 is 20.4 Å². The Kier molecular flexibility index (Phi) is 10.7. The third-order valence-corrected chi connectivity index (χ3v) is 12.1. The molecule has 3 N–H and O–H groups in total. The van der Waals surface area contributed by atoms with Crippen LogP contribution < -0.4 is 20.9 Å². The SMILES string of the molecule is O=C1CCC(Nc2ccc(N3CCN(CC4(F)CCN(C(=O)C5CCC(Nc6ncc(F)c(-c7cccc(C8CC8)c7)n6)CC5)CC4)CC3)c(F)c2)C(=O)N1. The molecule has 3 aromatic rings. The highest BCUT2D eigenvalue weighted by atomic mass is 19.1. The van der Waals surface area contributed by atoms with E-state index in [4.69, 9.17) is 0 Å². The molecule has 2 saturated carbocycles. The Bertz CT molecular complexity index is 1900. The minimum Gasteiger partial charge on any atom is -0.374 e. The summed E-state index contributed by atoms with van der Waals surface area (Å²) in [6, 6.07) is 12.2. The lowest BCUT2D eigenvalue weighted by molar-refractivity contribution is -0.139. The summed E-state index contributed by atoms with van der Waals surface area (Å²) in [6.45, 7) is 3.38. The first-order valence-electron chi connectivity index (χ1n) is 19.8. The molecule has 0 bridgehead atoms. The van der Waals surface area contributed by atoms with Gasteiger partial charge in [-0.05, 0) is 80.7 Å². The maximum atomic E-state index is 16.1. The Morgan fingerprint density at radius 1 is 0.873 bits per heavy atom. The van der Waals surface area contributed by atoms with Crippen LogP contribution in [0.15, 0.2) is 48.7 Å². The van der Waals surface area contributed by atoms with Crippen LogP contribution in [0.2, 0.25) is 0 Å². The highest BCUT2D eigenvalue weighted by molar-refractivity contribution is 6.01. The topological polar surface area (TPSA) is 123 Å². The minimum absolute atomic E-state index is 0.0818. The molecule has 14 heteroatoms. The second kappa shape index (κ2) is 15.8. The molecular formula is C41H49F3N8O3. The van der Waals surface area contributed by atoms with Crippen molar-refractivity contribution in [3.63, 3.8) is 0 Å². The first-order valence-corrected chi connectivity index (χ1v) is 19.8. The minimum atomic E-state index is -1.39. The van der Waals surface area contributed by atoms with E-state index in [1.807, 2.05) is 28.0 Å². The zero-order valence-electron chi connectivity index (χ0n) is 31.0. The molecule has 3 saturated heterocycles. The Balaban J connectivity index is 0.765. The van der Waals surface area contributed by atoms with Crippen LogP contribution in [0.3, 0.4) is 0 Å². The molecule has 1 aromatic heterocycles. The number of nitrogens with one attached hydrogen (secondary N) is 3. The number of hydrogen-bond donors (Lipinski definition) is 3. The molecule has 1 unspecified atom stereocenters. The maximum absolute atomic E-state index is 16.1. The van der Waals surface area contributed by atoms with Gasteiger partial charge in [-0.3, -0.25) is 24.6 Å². The highest BCUT2D eigenvalue weighted by Gasteiger charge is 2.40. The molecule has 3 amide bonds. The maximum Gasteiger partial charge on any atom is 0.249 e. The smallest absolute Gasteiger partial charge is 0.249 e. The van der Waals surface area contributed by atoms with Gasteiger partial charge in [0.2, 0.25) is 23.7 Å². The Morgan fingerprint density at radius 2 is 1.64 bits per heavy atom. The van der Waals surface area contributed by atoms with Crippen LogP contribution in [-0.2, 0) is 14.4 Å². The van der Waals surface area contributed by atoms with Crippen LogP contribution in [0, 0.1) is 17.6 Å². The zero-order chi connectivity index (χ0) is 38.1. The Labute approximate surface area is 319 Å². The fourth-order valence-electron chi connectivity index (χ4n) is 8.64. The normalized spacial score (nSPS) is 24.7. The van der Waals surface area contributed by atoms with Crippen molar-refractivity contribution in [2.75, 3.05) is 61.3 Å². The van der Waals surface area contributed by atoms with Gasteiger partial charge in [0.25, 0.3) is 0 Å². The van der Waals surface area contributed by atoms with E-state index in [2.05, 4.69) is 36.9 Å². The molecule has 8 rings (SSSR count). The van der Waals surface area contributed by atoms with Gasteiger partial charge >= 0.3 is 0 Å². The van der Waals surface area contributed by atoms with Crippen molar-refractivity contribution in [1.82, 2.24) is 25.1 Å². The van der Waals surface area contributed by atoms with Gasteiger partial charge in [0.1, 0.15) is 23.2 Å². The number of rotatable bonds is 10. The number of amides is 3. The third-order valence-electron chi connectivity index (χ3n) is 12.1. The fraction of sp³-hybridized carbons (Fsp3) is 0.537. The van der Waals surface area contributed by atoms with E-state index in [1.54, 1.807) is 12.1 Å². The van der Waals surface area contributed by atoms with Crippen molar-refractivity contribution >= 4 is 35.0 Å². The molecular weight excluding hydrogens is 709 g/mol. The summed E-state index contributed by atoms with van der Waals surface area (Å²) in [6.07, 6.45) is 7.70. The summed E-state index contributed by atoms with van der Waals surface area (Å²) < 4.78 is 46.1. The number of benzene rings is 2. The van der Waals surface area contributed by atoms with Gasteiger partial charge in [0, 0.05) is 88.3 Å². The lowest BCUT2D eigenvalue weighted by atomic mass is 9.84. The van der Waals surface area contributed by atoms with Crippen LogP contribution >= 0.6 is 0 Å². The van der Waals surface area contributed by atoms with Crippen molar-refractivity contribution in [3.8, 4) is 11.3 Å². The third kappa shape index (κ3) is 8.74. The molecule has 55 heavy (non-hydrogen) atoms. The molecule has 2 aromatic carbocycles. The summed E-state index contributed by atoms with van der Waals surface area (Å²) in [4.78, 5) is 51.6. The summed E-state index contributed by atoms with van der Waals surface area (Å²) >= 11 is 0. The lowest BCUT2D eigenvalue weighted by Gasteiger charge is -2.43. The average molecular weight is 759 g/mol. The van der Waals surface area contributed by atoms with E-state index < -0.39 is 29.3 Å². The standard InChI is InChI=1S/C41H49F3N8O3/c42-32-23-31(46-34-11-13-36(53)48-38(34)54)10-12-35(32)51-20-18-50(19-21-51)25-41(44)14-16-52(17-15-41)39(55)27-6-8-30(9-7-27)47-40-45-24-33(43)37(49-40)29-3-1-2-28(22-29)26-4-5-26/h1-3,10,12,22-24,26-27,30,34,46H,4-9,11,13-21,25H2,(H,45,47,49)(H,48,53,54). The van der Waals surface area contributed by atoms with E-state index >= 15 is 8.78 Å². The number of piperazine rings is 1. The molecule has 0 spiro atoms. The predicted molar refractivity (Wildman–Crippen MR) is 203 cm³/mol. The summed E-state index contributed by atoms with van der Waals surface area (Å²) in [5.74, 6) is -0.620. The largest absolute Gasteiger partial charge is 0.374 e. The van der Waals surface area contributed by atoms with Gasteiger partial charge in [0.15, 0.2) is 5.82 Å². The molecule has 1 atom stereocenters. The summed E-state index contributed by atoms with van der Waals surface area (Å²) in [5, 5.41) is 8.69. The molecule has 3 aliphatic heterocycles. The van der Waals surface area contributed by atoms with Gasteiger partial charge in [-0.25, -0.2) is 23.1 Å². The lowest BCUT2D eigenvalue weighted by Crippen LogP contribution is -2.54. The number of nitrogens with zero attached hydrogens (tertiary/aromatic N) is 5. The number of imide groups is 1. The van der Waals surface area contributed by atoms with Crippen molar-refractivity contribution in [2.24, 2.45) is 5.92 Å². The van der Waals surface area contributed by atoms with Gasteiger partial charge in [0.05, 0.1) is 11.9 Å². The molecule has 292 valence electrons. The van der Waals surface area contributed by atoms with Crippen LogP contribution in [0.25, 0.3) is 11.3 Å². The van der Waals surface area contributed by atoms with Crippen LogP contribution in [0.1, 0.15) is 75.7 Å². The fourth-order valence-corrected chi connectivity index (χ4v) is 8.64. The van der Waals surface area contributed by atoms with Gasteiger partial charge in [-0.1, -0.05) is 18.2 Å². The van der Waals surface area contributed by atoms with Gasteiger partial charge in [-0.2, -0.15) is 0 Å². The quantitative estimate of drug-likeness (QED) is 0.226. The van der Waals surface area contributed by atoms with E-state index in [-0.39, 0.29) is 36.7 Å². The van der Waals surface area contributed by atoms with E-state index in [0.717, 1.165) is 31.2 Å². The second-order valence-electron chi connectivity index (χ2n) is 16.0. The number of piperidine rings is 2. The predicted octanol–water partition coefficient (Wildman–Crippen LogP) is 5.64. The second-order valence-corrected chi connectivity index (χ2v) is 16.0.